The van der Waals surface area contributed by atoms with Crippen molar-refractivity contribution in [3.8, 4) is 0 Å². The van der Waals surface area contributed by atoms with Crippen molar-refractivity contribution in [2.45, 2.75) is 45.1 Å². The highest BCUT2D eigenvalue weighted by Crippen LogP contribution is 2.37. The molecule has 2 atom stereocenters. The number of nitrogens with zero attached hydrogens (tertiary/aromatic N) is 1. The summed E-state index contributed by atoms with van der Waals surface area (Å²) in [6.45, 7) is 3.95. The second-order valence-electron chi connectivity index (χ2n) is 6.89. The molecule has 0 spiro atoms. The summed E-state index contributed by atoms with van der Waals surface area (Å²) in [6.07, 6.45) is 5.19. The van der Waals surface area contributed by atoms with Crippen molar-refractivity contribution < 1.29 is 4.79 Å². The van der Waals surface area contributed by atoms with E-state index in [9.17, 15) is 4.79 Å². The van der Waals surface area contributed by atoms with Crippen molar-refractivity contribution in [3.05, 3.63) is 35.4 Å². The van der Waals surface area contributed by atoms with Crippen LogP contribution in [0.1, 0.15) is 37.3 Å². The van der Waals surface area contributed by atoms with E-state index in [2.05, 4.69) is 41.4 Å². The van der Waals surface area contributed by atoms with Crippen molar-refractivity contribution in [2.24, 2.45) is 5.41 Å². The number of benzene rings is 1. The average Bonchev–Trinajstić information content (AvgIpc) is 2.54. The molecular formula is C18H26N2O. The Morgan fingerprint density at radius 2 is 2.10 bits per heavy atom. The van der Waals surface area contributed by atoms with E-state index in [4.69, 9.17) is 0 Å². The van der Waals surface area contributed by atoms with E-state index >= 15 is 0 Å². The van der Waals surface area contributed by atoms with Gasteiger partial charge in [0.1, 0.15) is 0 Å². The standard InChI is InChI=1S/C18H26N2O/c1-18(10-9-14-6-3-4-7-15(14)12-18)17(21)20-11-5-8-16(13-20)19-2/h3-4,6-7,16,19H,5,8-13H2,1-2H3. The predicted octanol–water partition coefficient (Wildman–Crippen LogP) is 2.39. The maximum absolute atomic E-state index is 13.0. The largest absolute Gasteiger partial charge is 0.341 e. The molecule has 1 amide bonds. The number of fused-ring (bicyclic) bond motifs is 1. The Hall–Kier alpha value is -1.35. The van der Waals surface area contributed by atoms with Crippen LogP contribution in [-0.4, -0.2) is 37.0 Å². The molecule has 1 heterocycles. The second-order valence-corrected chi connectivity index (χ2v) is 6.89. The lowest BCUT2D eigenvalue weighted by atomic mass is 9.72. The van der Waals surface area contributed by atoms with Crippen LogP contribution in [-0.2, 0) is 17.6 Å². The summed E-state index contributed by atoms with van der Waals surface area (Å²) < 4.78 is 0. The van der Waals surface area contributed by atoms with Crippen molar-refractivity contribution in [1.29, 1.82) is 0 Å². The highest BCUT2D eigenvalue weighted by atomic mass is 16.2. The van der Waals surface area contributed by atoms with Crippen molar-refractivity contribution in [1.82, 2.24) is 10.2 Å². The molecule has 0 radical (unpaired) electrons. The highest BCUT2D eigenvalue weighted by molar-refractivity contribution is 5.83. The van der Waals surface area contributed by atoms with E-state index in [1.54, 1.807) is 0 Å². The Morgan fingerprint density at radius 1 is 1.33 bits per heavy atom. The predicted molar refractivity (Wildman–Crippen MR) is 85.2 cm³/mol. The monoisotopic (exact) mass is 286 g/mol. The molecule has 21 heavy (non-hydrogen) atoms. The van der Waals surface area contributed by atoms with Crippen LogP contribution in [0, 0.1) is 5.41 Å². The number of likely N-dealkylation sites (tertiary alicyclic amines) is 1. The molecule has 2 aliphatic rings. The lowest BCUT2D eigenvalue weighted by Gasteiger charge is -2.41. The Balaban J connectivity index is 1.75. The summed E-state index contributed by atoms with van der Waals surface area (Å²) in [5.74, 6) is 0.358. The van der Waals surface area contributed by atoms with Gasteiger partial charge in [-0.2, -0.15) is 0 Å². The van der Waals surface area contributed by atoms with Crippen molar-refractivity contribution >= 4 is 5.91 Å². The number of amides is 1. The van der Waals surface area contributed by atoms with Gasteiger partial charge >= 0.3 is 0 Å². The SMILES string of the molecule is CNC1CCCN(C(=O)C2(C)CCc3ccccc3C2)C1. The molecule has 1 saturated heterocycles. The zero-order chi connectivity index (χ0) is 14.9. The number of carbonyl (C=O) groups excluding carboxylic acids is 1. The number of likely N-dealkylation sites (N-methyl/N-ethyl adjacent to an activating group) is 1. The molecular weight excluding hydrogens is 260 g/mol. The minimum atomic E-state index is -0.218. The Morgan fingerprint density at radius 3 is 2.86 bits per heavy atom. The third-order valence-electron chi connectivity index (χ3n) is 5.28. The molecule has 2 unspecified atom stereocenters. The molecule has 1 aliphatic carbocycles. The molecule has 114 valence electrons. The van der Waals surface area contributed by atoms with Crippen LogP contribution < -0.4 is 5.32 Å². The van der Waals surface area contributed by atoms with E-state index in [0.29, 0.717) is 11.9 Å². The lowest BCUT2D eigenvalue weighted by molar-refractivity contribution is -0.143. The molecule has 3 heteroatoms. The fraction of sp³-hybridized carbons (Fsp3) is 0.611. The van der Waals surface area contributed by atoms with Gasteiger partial charge in [0.15, 0.2) is 0 Å². The van der Waals surface area contributed by atoms with Crippen molar-refractivity contribution in [2.75, 3.05) is 20.1 Å². The topological polar surface area (TPSA) is 32.3 Å². The third kappa shape index (κ3) is 2.84. The normalized spacial score (nSPS) is 29.0. The maximum atomic E-state index is 13.0. The first-order chi connectivity index (χ1) is 10.1. The maximum Gasteiger partial charge on any atom is 0.228 e. The molecule has 1 aliphatic heterocycles. The van der Waals surface area contributed by atoms with Crippen LogP contribution in [0.25, 0.3) is 0 Å². The summed E-state index contributed by atoms with van der Waals surface area (Å²) in [5, 5.41) is 3.33. The fourth-order valence-electron chi connectivity index (χ4n) is 3.85. The number of hydrogen-bond donors (Lipinski definition) is 1. The summed E-state index contributed by atoms with van der Waals surface area (Å²) in [5.41, 5.74) is 2.57. The lowest BCUT2D eigenvalue weighted by Crippen LogP contribution is -2.52. The number of aryl methyl sites for hydroxylation is 1. The van der Waals surface area contributed by atoms with Gasteiger partial charge in [-0.05, 0) is 50.3 Å². The smallest absolute Gasteiger partial charge is 0.228 e. The van der Waals surface area contributed by atoms with Crippen LogP contribution in [0.15, 0.2) is 24.3 Å². The van der Waals surface area contributed by atoms with Crippen molar-refractivity contribution in [3.63, 3.8) is 0 Å². The molecule has 3 rings (SSSR count). The van der Waals surface area contributed by atoms with Gasteiger partial charge in [-0.15, -0.1) is 0 Å². The number of nitrogens with one attached hydrogen (secondary N) is 1. The summed E-state index contributed by atoms with van der Waals surface area (Å²) in [6, 6.07) is 9.05. The highest BCUT2D eigenvalue weighted by Gasteiger charge is 2.40. The molecule has 1 aromatic carbocycles. The molecule has 1 aromatic rings. The Kier molecular flexibility index (Phi) is 4.03. The van der Waals surface area contributed by atoms with E-state index in [1.807, 2.05) is 7.05 Å². The van der Waals surface area contributed by atoms with E-state index in [0.717, 1.165) is 38.8 Å². The fourth-order valence-corrected chi connectivity index (χ4v) is 3.85. The minimum Gasteiger partial charge on any atom is -0.341 e. The number of hydrogen-bond acceptors (Lipinski definition) is 2. The third-order valence-corrected chi connectivity index (χ3v) is 5.28. The van der Waals surface area contributed by atoms with Crippen LogP contribution in [0.4, 0.5) is 0 Å². The summed E-state index contributed by atoms with van der Waals surface area (Å²) >= 11 is 0. The van der Waals surface area contributed by atoms with E-state index in [-0.39, 0.29) is 5.41 Å². The number of rotatable bonds is 2. The molecule has 3 nitrogen and oxygen atoms in total. The average molecular weight is 286 g/mol. The first-order valence-electron chi connectivity index (χ1n) is 8.16. The number of carbonyl (C=O) groups is 1. The summed E-state index contributed by atoms with van der Waals surface area (Å²) in [4.78, 5) is 15.1. The van der Waals surface area contributed by atoms with Gasteiger partial charge in [0.2, 0.25) is 5.91 Å². The van der Waals surface area contributed by atoms with Gasteiger partial charge in [0.25, 0.3) is 0 Å². The van der Waals surface area contributed by atoms with Gasteiger partial charge in [0.05, 0.1) is 5.41 Å². The van der Waals surface area contributed by atoms with Gasteiger partial charge in [-0.1, -0.05) is 31.2 Å². The first-order valence-corrected chi connectivity index (χ1v) is 8.16. The van der Waals surface area contributed by atoms with Gasteiger partial charge in [0, 0.05) is 19.1 Å². The van der Waals surface area contributed by atoms with E-state index in [1.165, 1.54) is 17.5 Å². The van der Waals surface area contributed by atoms with Gasteiger partial charge in [-0.25, -0.2) is 0 Å². The second kappa shape index (κ2) is 5.80. The molecule has 0 aromatic heterocycles. The first kappa shape index (κ1) is 14.6. The molecule has 1 fully saturated rings. The quantitative estimate of drug-likeness (QED) is 0.905. The van der Waals surface area contributed by atoms with Crippen LogP contribution in [0.5, 0.6) is 0 Å². The Labute approximate surface area is 127 Å². The van der Waals surface area contributed by atoms with Crippen LogP contribution in [0.3, 0.4) is 0 Å². The molecule has 1 N–H and O–H groups in total. The minimum absolute atomic E-state index is 0.218. The van der Waals surface area contributed by atoms with Gasteiger partial charge < -0.3 is 10.2 Å². The number of piperidine rings is 1. The molecule has 0 bridgehead atoms. The zero-order valence-corrected chi connectivity index (χ0v) is 13.2. The summed E-state index contributed by atoms with van der Waals surface area (Å²) in [7, 11) is 2.00. The Bertz CT molecular complexity index is 528. The van der Waals surface area contributed by atoms with Gasteiger partial charge in [-0.3, -0.25) is 4.79 Å². The zero-order valence-electron chi connectivity index (χ0n) is 13.2. The molecule has 0 saturated carbocycles. The van der Waals surface area contributed by atoms with E-state index < -0.39 is 0 Å². The van der Waals surface area contributed by atoms with Crippen LogP contribution >= 0.6 is 0 Å². The van der Waals surface area contributed by atoms with Crippen LogP contribution in [0.2, 0.25) is 0 Å².